The van der Waals surface area contributed by atoms with E-state index in [4.69, 9.17) is 19.7 Å². The van der Waals surface area contributed by atoms with Gasteiger partial charge in [-0.2, -0.15) is 0 Å². The van der Waals surface area contributed by atoms with Crippen LogP contribution in [0.1, 0.15) is 0 Å². The van der Waals surface area contributed by atoms with Crippen molar-refractivity contribution in [2.24, 2.45) is 0 Å². The van der Waals surface area contributed by atoms with Crippen LogP contribution in [0.3, 0.4) is 0 Å². The summed E-state index contributed by atoms with van der Waals surface area (Å²) in [5.74, 6) is -6.65. The first-order valence-electron chi connectivity index (χ1n) is 7.15. The molecule has 10 atom stereocenters. The Balaban J connectivity index is 2.45. The van der Waals surface area contributed by atoms with E-state index in [0.717, 1.165) is 0 Å². The van der Waals surface area contributed by atoms with Gasteiger partial charge in [0.25, 0.3) is 11.6 Å². The van der Waals surface area contributed by atoms with Crippen LogP contribution in [0.2, 0.25) is 0 Å². The minimum Gasteiger partial charge on any atom is -0.394 e. The highest BCUT2D eigenvalue weighted by atomic mass is 16.7. The molecule has 2 heterocycles. The van der Waals surface area contributed by atoms with Crippen LogP contribution in [0.15, 0.2) is 0 Å². The second-order valence-corrected chi connectivity index (χ2v) is 5.92. The van der Waals surface area contributed by atoms with Gasteiger partial charge in [0.2, 0.25) is 0 Å². The zero-order valence-corrected chi connectivity index (χ0v) is 12.3. The van der Waals surface area contributed by atoms with E-state index in [1.54, 1.807) is 0 Å². The lowest BCUT2D eigenvalue weighted by atomic mass is 9.80. The summed E-state index contributed by atoms with van der Waals surface area (Å²) in [5.41, 5.74) is 0. The average molecular weight is 358 g/mol. The fraction of sp³-hybridized carbons (Fsp3) is 1.00. The number of hydrogen-bond donors (Lipinski definition) is 10. The third-order valence-electron chi connectivity index (χ3n) is 4.45. The van der Waals surface area contributed by atoms with Crippen LogP contribution in [0.25, 0.3) is 0 Å². The predicted molar refractivity (Wildman–Crippen MR) is 69.9 cm³/mol. The summed E-state index contributed by atoms with van der Waals surface area (Å²) in [5, 5.41) is 98.3. The molecule has 2 rings (SSSR count). The van der Waals surface area contributed by atoms with E-state index in [1.165, 1.54) is 0 Å². The van der Waals surface area contributed by atoms with Crippen LogP contribution < -0.4 is 0 Å². The minimum atomic E-state index is -3.33. The van der Waals surface area contributed by atoms with Gasteiger partial charge in [-0.1, -0.05) is 0 Å². The van der Waals surface area contributed by atoms with Crippen molar-refractivity contribution in [2.75, 3.05) is 13.2 Å². The van der Waals surface area contributed by atoms with E-state index in [9.17, 15) is 40.9 Å². The second-order valence-electron chi connectivity index (χ2n) is 5.92. The van der Waals surface area contributed by atoms with Gasteiger partial charge >= 0.3 is 0 Å². The molecule has 2 fully saturated rings. The predicted octanol–water partition coefficient (Wildman–Crippen LogP) is -6.69. The third-order valence-corrected chi connectivity index (χ3v) is 4.45. The average Bonchev–Trinajstić information content (AvgIpc) is 2.57. The smallest absolute Gasteiger partial charge is 0.254 e. The van der Waals surface area contributed by atoms with Gasteiger partial charge in [-0.25, -0.2) is 0 Å². The molecule has 0 amide bonds. The number of aliphatic hydroxyl groups is 10. The SMILES string of the molecule is OC[C@H]1OC(O)([C@@]2(O)O[C@H](CO)[C@H](O)[C@H](O)[C@H]2O)[C@H](O)[C@@H](O)[C@H]1O. The van der Waals surface area contributed by atoms with E-state index in [2.05, 4.69) is 0 Å². The van der Waals surface area contributed by atoms with Crippen molar-refractivity contribution < 1.29 is 60.5 Å². The van der Waals surface area contributed by atoms with Crippen LogP contribution in [-0.4, -0.2) is 125 Å². The highest BCUT2D eigenvalue weighted by Gasteiger charge is 2.71. The Morgan fingerprint density at radius 2 is 0.875 bits per heavy atom. The molecule has 0 aliphatic carbocycles. The van der Waals surface area contributed by atoms with Crippen LogP contribution in [0.5, 0.6) is 0 Å². The normalized spacial score (nSPS) is 56.2. The fourth-order valence-corrected chi connectivity index (χ4v) is 2.90. The van der Waals surface area contributed by atoms with Gasteiger partial charge in [0.05, 0.1) is 13.2 Å². The molecule has 24 heavy (non-hydrogen) atoms. The summed E-state index contributed by atoms with van der Waals surface area (Å²) in [7, 11) is 0. The maximum atomic E-state index is 10.5. The second kappa shape index (κ2) is 6.68. The first-order valence-corrected chi connectivity index (χ1v) is 7.15. The lowest BCUT2D eigenvalue weighted by Crippen LogP contribution is -2.81. The van der Waals surface area contributed by atoms with Crippen LogP contribution in [-0.2, 0) is 9.47 Å². The van der Waals surface area contributed by atoms with Crippen LogP contribution in [0.4, 0.5) is 0 Å². The molecule has 0 radical (unpaired) electrons. The molecule has 0 aromatic rings. The zero-order valence-electron chi connectivity index (χ0n) is 12.3. The van der Waals surface area contributed by atoms with E-state index < -0.39 is 73.6 Å². The van der Waals surface area contributed by atoms with E-state index >= 15 is 0 Å². The monoisotopic (exact) mass is 358 g/mol. The Labute approximate surface area is 135 Å². The van der Waals surface area contributed by atoms with Gasteiger partial charge in [0.1, 0.15) is 48.8 Å². The maximum Gasteiger partial charge on any atom is 0.254 e. The molecule has 0 aromatic heterocycles. The standard InChI is InChI=1S/C12H22O12/c13-1-3-5(15)7(17)9(19)11(21,23-3)12(22)10(20)8(18)6(16)4(2-14)24-12/h3-10,13-22H,1-2H2/t3-,4-,5+,6+,7+,8+,9-,10-,11+,12?/m1/s1. The topological polar surface area (TPSA) is 221 Å². The first-order chi connectivity index (χ1) is 11.0. The minimum absolute atomic E-state index is 0.950. The summed E-state index contributed by atoms with van der Waals surface area (Å²) in [6.45, 7) is -1.90. The quantitative estimate of drug-likeness (QED) is 0.227. The Bertz CT molecular complexity index is 406. The molecule has 0 bridgehead atoms. The summed E-state index contributed by atoms with van der Waals surface area (Å²) in [6.07, 6.45) is -16.2. The van der Waals surface area contributed by atoms with Crippen molar-refractivity contribution >= 4 is 0 Å². The van der Waals surface area contributed by atoms with Gasteiger partial charge in [-0.15, -0.1) is 0 Å². The van der Waals surface area contributed by atoms with Crippen molar-refractivity contribution in [2.45, 2.75) is 60.4 Å². The van der Waals surface area contributed by atoms with Crippen molar-refractivity contribution in [3.63, 3.8) is 0 Å². The highest BCUT2D eigenvalue weighted by Crippen LogP contribution is 2.43. The molecule has 142 valence electrons. The highest BCUT2D eigenvalue weighted by molar-refractivity contribution is 5.09. The molecular formula is C12H22O12. The Hall–Kier alpha value is -0.480. The molecule has 12 heteroatoms. The van der Waals surface area contributed by atoms with Crippen molar-refractivity contribution in [1.82, 2.24) is 0 Å². The van der Waals surface area contributed by atoms with Gasteiger partial charge in [0, 0.05) is 0 Å². The van der Waals surface area contributed by atoms with Crippen molar-refractivity contribution in [1.29, 1.82) is 0 Å². The zero-order chi connectivity index (χ0) is 18.4. The van der Waals surface area contributed by atoms with E-state index in [-0.39, 0.29) is 0 Å². The molecule has 10 N–H and O–H groups in total. The number of hydrogen-bond acceptors (Lipinski definition) is 12. The lowest BCUT2D eigenvalue weighted by Gasteiger charge is -2.56. The van der Waals surface area contributed by atoms with Crippen LogP contribution >= 0.6 is 0 Å². The molecule has 1 unspecified atom stereocenters. The van der Waals surface area contributed by atoms with Gasteiger partial charge in [-0.05, 0) is 0 Å². The number of aliphatic hydroxyl groups excluding tert-OH is 8. The van der Waals surface area contributed by atoms with Gasteiger partial charge in [0.15, 0.2) is 0 Å². The molecule has 0 saturated carbocycles. The molecule has 12 nitrogen and oxygen atoms in total. The Morgan fingerprint density at radius 1 is 0.583 bits per heavy atom. The Morgan fingerprint density at radius 3 is 1.12 bits per heavy atom. The number of rotatable bonds is 3. The third kappa shape index (κ3) is 2.65. The fourth-order valence-electron chi connectivity index (χ4n) is 2.90. The molecule has 0 spiro atoms. The maximum absolute atomic E-state index is 10.5. The molecule has 2 saturated heterocycles. The van der Waals surface area contributed by atoms with E-state index in [0.29, 0.717) is 0 Å². The summed E-state index contributed by atoms with van der Waals surface area (Å²) in [4.78, 5) is 0. The molecule has 2 aliphatic rings. The van der Waals surface area contributed by atoms with Gasteiger partial charge in [-0.3, -0.25) is 0 Å². The molecular weight excluding hydrogens is 336 g/mol. The van der Waals surface area contributed by atoms with E-state index in [1.807, 2.05) is 0 Å². The van der Waals surface area contributed by atoms with Crippen molar-refractivity contribution in [3.8, 4) is 0 Å². The first kappa shape index (κ1) is 19.8. The van der Waals surface area contributed by atoms with Crippen LogP contribution in [0, 0.1) is 0 Å². The largest absolute Gasteiger partial charge is 0.394 e. The molecule has 0 aromatic carbocycles. The summed E-state index contributed by atoms with van der Waals surface area (Å²) >= 11 is 0. The summed E-state index contributed by atoms with van der Waals surface area (Å²) < 4.78 is 9.69. The summed E-state index contributed by atoms with van der Waals surface area (Å²) in [6, 6.07) is 0. The van der Waals surface area contributed by atoms with Gasteiger partial charge < -0.3 is 60.5 Å². The van der Waals surface area contributed by atoms with Crippen molar-refractivity contribution in [3.05, 3.63) is 0 Å². The number of ether oxygens (including phenoxy) is 2. The Kier molecular flexibility index (Phi) is 5.52. The molecule has 2 aliphatic heterocycles. The lowest BCUT2D eigenvalue weighted by molar-refractivity contribution is -0.490.